The maximum atomic E-state index is 12.7. The van der Waals surface area contributed by atoms with E-state index in [4.69, 9.17) is 27.9 Å². The zero-order chi connectivity index (χ0) is 31.9. The molecule has 5 aromatic rings. The smallest absolute Gasteiger partial charge is 0.271 e. The van der Waals surface area contributed by atoms with E-state index in [-0.39, 0.29) is 34.2 Å². The number of amides is 2. The lowest BCUT2D eigenvalue weighted by atomic mass is 10.1. The fraction of sp³-hybridized carbons (Fsp3) is 0.118. The molecule has 0 radical (unpaired) electrons. The van der Waals surface area contributed by atoms with Crippen LogP contribution in [0.1, 0.15) is 32.6 Å². The minimum absolute atomic E-state index is 0.175. The van der Waals surface area contributed by atoms with E-state index in [0.717, 1.165) is 33.2 Å². The van der Waals surface area contributed by atoms with Crippen molar-refractivity contribution in [3.8, 4) is 17.0 Å². The number of hydrogen-bond acceptors (Lipinski definition) is 7. The van der Waals surface area contributed by atoms with Crippen LogP contribution in [-0.4, -0.2) is 29.6 Å². The Kier molecular flexibility index (Phi) is 10.1. The number of aromatic nitrogens is 1. The van der Waals surface area contributed by atoms with Gasteiger partial charge >= 0.3 is 0 Å². The van der Waals surface area contributed by atoms with E-state index in [9.17, 15) is 9.59 Å². The van der Waals surface area contributed by atoms with Crippen molar-refractivity contribution < 1.29 is 14.3 Å². The first-order valence-corrected chi connectivity index (χ1v) is 15.5. The lowest BCUT2D eigenvalue weighted by molar-refractivity contribution is -0.118. The van der Waals surface area contributed by atoms with Gasteiger partial charge in [-0.2, -0.15) is 5.10 Å². The topological polar surface area (TPSA) is 105 Å². The van der Waals surface area contributed by atoms with E-state index in [1.54, 1.807) is 24.3 Å². The molecule has 0 unspecified atom stereocenters. The molecule has 4 aromatic carbocycles. The highest BCUT2D eigenvalue weighted by Gasteiger charge is 2.13. The van der Waals surface area contributed by atoms with E-state index in [1.165, 1.54) is 23.1 Å². The summed E-state index contributed by atoms with van der Waals surface area (Å²) in [7, 11) is 0. The zero-order valence-electron chi connectivity index (χ0n) is 24.7. The summed E-state index contributed by atoms with van der Waals surface area (Å²) in [5, 5.41) is 13.3. The molecular weight excluding hydrogens is 629 g/mol. The summed E-state index contributed by atoms with van der Waals surface area (Å²) in [5.74, 6) is -0.555. The maximum Gasteiger partial charge on any atom is 0.271 e. The third-order valence-corrected chi connectivity index (χ3v) is 7.97. The molecule has 3 N–H and O–H groups in total. The first-order chi connectivity index (χ1) is 21.6. The Hall–Kier alpha value is -4.70. The third-order valence-electron chi connectivity index (χ3n) is 6.65. The molecule has 1 heterocycles. The molecule has 1 aromatic heterocycles. The molecule has 8 nitrogen and oxygen atoms in total. The van der Waals surface area contributed by atoms with Gasteiger partial charge in [0.25, 0.3) is 11.8 Å². The Morgan fingerprint density at radius 1 is 0.911 bits per heavy atom. The predicted octanol–water partition coefficient (Wildman–Crippen LogP) is 8.57. The normalized spacial score (nSPS) is 11.0. The lowest BCUT2D eigenvalue weighted by Crippen LogP contribution is -2.21. The number of hydrogen-bond donors (Lipinski definition) is 3. The highest BCUT2D eigenvalue weighted by atomic mass is 35.5. The van der Waals surface area contributed by atoms with Gasteiger partial charge in [-0.1, -0.05) is 70.7 Å². The van der Waals surface area contributed by atoms with Gasteiger partial charge in [-0.3, -0.25) is 9.59 Å². The van der Waals surface area contributed by atoms with Crippen molar-refractivity contribution in [3.63, 3.8) is 0 Å². The number of rotatable bonds is 10. The fourth-order valence-electron chi connectivity index (χ4n) is 4.32. The number of aryl methyl sites for hydroxylation is 3. The van der Waals surface area contributed by atoms with Crippen molar-refractivity contribution in [2.45, 2.75) is 20.8 Å². The number of halogens is 2. The number of hydrazone groups is 1. The van der Waals surface area contributed by atoms with Gasteiger partial charge in [0.1, 0.15) is 0 Å². The highest BCUT2D eigenvalue weighted by molar-refractivity contribution is 7.14. The second-order valence-corrected chi connectivity index (χ2v) is 11.9. The van der Waals surface area contributed by atoms with Crippen molar-refractivity contribution in [2.24, 2.45) is 5.10 Å². The summed E-state index contributed by atoms with van der Waals surface area (Å²) in [5.41, 5.74) is 10.1. The molecule has 11 heteroatoms. The number of carbonyl (C=O) groups is 2. The van der Waals surface area contributed by atoms with E-state index in [1.807, 2.05) is 80.7 Å². The van der Waals surface area contributed by atoms with Gasteiger partial charge < -0.3 is 15.4 Å². The summed E-state index contributed by atoms with van der Waals surface area (Å²) >= 11 is 14.3. The van der Waals surface area contributed by atoms with Crippen molar-refractivity contribution in [1.29, 1.82) is 0 Å². The molecule has 0 fully saturated rings. The van der Waals surface area contributed by atoms with Crippen LogP contribution in [0.15, 0.2) is 89.3 Å². The van der Waals surface area contributed by atoms with Crippen LogP contribution in [0.2, 0.25) is 10.0 Å². The van der Waals surface area contributed by atoms with Gasteiger partial charge in [0.2, 0.25) is 0 Å². The van der Waals surface area contributed by atoms with Crippen molar-refractivity contribution in [1.82, 2.24) is 10.4 Å². The Labute approximate surface area is 275 Å². The molecule has 0 aliphatic heterocycles. The van der Waals surface area contributed by atoms with Crippen molar-refractivity contribution >= 4 is 69.1 Å². The van der Waals surface area contributed by atoms with Crippen LogP contribution in [-0.2, 0) is 4.79 Å². The number of carbonyl (C=O) groups excluding carboxylic acids is 2. The summed E-state index contributed by atoms with van der Waals surface area (Å²) in [6.45, 7) is 5.67. The molecule has 45 heavy (non-hydrogen) atoms. The van der Waals surface area contributed by atoms with Gasteiger partial charge in [-0.15, -0.1) is 11.3 Å². The predicted molar refractivity (Wildman–Crippen MR) is 184 cm³/mol. The summed E-state index contributed by atoms with van der Waals surface area (Å²) < 4.78 is 5.60. The average Bonchev–Trinajstić information content (AvgIpc) is 3.48. The number of thiazole rings is 1. The van der Waals surface area contributed by atoms with Gasteiger partial charge in [-0.25, -0.2) is 10.4 Å². The van der Waals surface area contributed by atoms with E-state index in [2.05, 4.69) is 26.1 Å². The minimum atomic E-state index is -0.384. The van der Waals surface area contributed by atoms with Gasteiger partial charge in [0, 0.05) is 27.9 Å². The van der Waals surface area contributed by atoms with Crippen molar-refractivity contribution in [2.75, 3.05) is 17.2 Å². The Morgan fingerprint density at radius 3 is 2.29 bits per heavy atom. The van der Waals surface area contributed by atoms with Crippen LogP contribution in [0.5, 0.6) is 5.75 Å². The summed E-state index contributed by atoms with van der Waals surface area (Å²) in [6.07, 6.45) is 1.42. The number of nitrogens with zero attached hydrogens (tertiary/aromatic N) is 2. The van der Waals surface area contributed by atoms with Crippen LogP contribution in [0.3, 0.4) is 0 Å². The number of ether oxygens (including phenoxy) is 1. The first kappa shape index (κ1) is 31.7. The number of benzene rings is 4. The van der Waals surface area contributed by atoms with E-state index >= 15 is 0 Å². The van der Waals surface area contributed by atoms with E-state index in [0.29, 0.717) is 16.8 Å². The number of anilines is 3. The minimum Gasteiger partial charge on any atom is -0.481 e. The average molecular weight is 659 g/mol. The van der Waals surface area contributed by atoms with E-state index < -0.39 is 0 Å². The molecule has 0 saturated carbocycles. The maximum absolute atomic E-state index is 12.7. The SMILES string of the molecule is Cc1ccc(Nc2nc(-c3ccc(C(=O)N/N=C/c4cc(Cl)c(OCC(=O)Nc5ccc(C)cc5C)c(Cl)c4)cc3)cs2)cc1. The molecule has 0 atom stereocenters. The van der Waals surface area contributed by atoms with Gasteiger partial charge in [-0.05, 0) is 74.4 Å². The molecule has 2 amide bonds. The Bertz CT molecular complexity index is 1850. The summed E-state index contributed by atoms with van der Waals surface area (Å²) in [6, 6.07) is 24.1. The quantitative estimate of drug-likeness (QED) is 0.103. The first-order valence-electron chi connectivity index (χ1n) is 13.9. The largest absolute Gasteiger partial charge is 0.481 e. The van der Waals surface area contributed by atoms with Gasteiger partial charge in [0.05, 0.1) is 22.0 Å². The second-order valence-electron chi connectivity index (χ2n) is 10.3. The monoisotopic (exact) mass is 657 g/mol. The molecule has 228 valence electrons. The molecule has 0 spiro atoms. The Balaban J connectivity index is 1.13. The molecule has 0 aliphatic carbocycles. The van der Waals surface area contributed by atoms with Gasteiger partial charge in [0.15, 0.2) is 17.5 Å². The standard InChI is InChI=1S/C34H29Cl2N5O3S/c1-20-4-11-26(12-5-20)38-34-40-30(19-45-34)24-7-9-25(10-8-24)33(43)41-37-17-23-15-27(35)32(28(36)16-23)44-18-31(42)39-29-13-6-21(2)14-22(29)3/h4-17,19H,18H2,1-3H3,(H,38,40)(H,39,42)(H,41,43)/b37-17+. The zero-order valence-corrected chi connectivity index (χ0v) is 27.0. The van der Waals surface area contributed by atoms with Crippen LogP contribution in [0.4, 0.5) is 16.5 Å². The summed E-state index contributed by atoms with van der Waals surface area (Å²) in [4.78, 5) is 29.7. The second kappa shape index (κ2) is 14.4. The van der Waals surface area contributed by atoms with Crippen LogP contribution in [0.25, 0.3) is 11.3 Å². The molecule has 0 bridgehead atoms. The highest BCUT2D eigenvalue weighted by Crippen LogP contribution is 2.34. The van der Waals surface area contributed by atoms with Crippen LogP contribution >= 0.6 is 34.5 Å². The molecule has 0 aliphatic rings. The third kappa shape index (κ3) is 8.48. The van der Waals surface area contributed by atoms with Crippen molar-refractivity contribution in [3.05, 3.63) is 122 Å². The molecule has 0 saturated heterocycles. The van der Waals surface area contributed by atoms with Crippen LogP contribution in [0, 0.1) is 20.8 Å². The fourth-order valence-corrected chi connectivity index (χ4v) is 5.67. The lowest BCUT2D eigenvalue weighted by Gasteiger charge is -2.12. The number of nitrogens with one attached hydrogen (secondary N) is 3. The van der Waals surface area contributed by atoms with Crippen LogP contribution < -0.4 is 20.8 Å². The Morgan fingerprint density at radius 2 is 1.60 bits per heavy atom. The molecular formula is C34H29Cl2N5O3S. The molecule has 5 rings (SSSR count).